The molecule has 0 spiro atoms. The molecule has 0 aliphatic carbocycles. The molecule has 0 saturated heterocycles. The predicted octanol–water partition coefficient (Wildman–Crippen LogP) is 4.83. The van der Waals surface area contributed by atoms with Gasteiger partial charge in [0.15, 0.2) is 11.6 Å². The van der Waals surface area contributed by atoms with E-state index in [2.05, 4.69) is 10.3 Å². The first-order valence-corrected chi connectivity index (χ1v) is 8.75. The molecule has 0 aliphatic rings. The van der Waals surface area contributed by atoms with Gasteiger partial charge in [0.05, 0.1) is 5.69 Å². The first kappa shape index (κ1) is 22.0. The van der Waals surface area contributed by atoms with Crippen LogP contribution < -0.4 is 11.1 Å². The Bertz CT molecular complexity index is 951. The Kier molecular flexibility index (Phi) is 7.03. The van der Waals surface area contributed by atoms with E-state index < -0.39 is 29.1 Å². The molecular weight excluding hydrogens is 383 g/mol. The number of carbonyl (C=O) groups excluding carboxylic acids is 1. The van der Waals surface area contributed by atoms with E-state index in [-0.39, 0.29) is 12.2 Å². The molecule has 3 N–H and O–H groups in total. The standard InChI is InChI=1S/C21H22F3N3O2/c1-21(2,3)29-20(28)27-11-13-6-14(8-16(22)7-13)15(10-25)12-26-17-4-5-18(23)19(24)9-17/h4-10,12H,11,25H2,1-3H3,(H,27,28). The van der Waals surface area contributed by atoms with Crippen LogP contribution in [0, 0.1) is 17.5 Å². The van der Waals surface area contributed by atoms with Crippen LogP contribution in [0.4, 0.5) is 23.7 Å². The number of ether oxygens (including phenoxy) is 1. The Morgan fingerprint density at radius 2 is 1.86 bits per heavy atom. The number of carbonyl (C=O) groups is 1. The van der Waals surface area contributed by atoms with E-state index >= 15 is 0 Å². The first-order valence-electron chi connectivity index (χ1n) is 8.75. The number of nitrogens with two attached hydrogens (primary N) is 1. The van der Waals surface area contributed by atoms with Crippen LogP contribution in [-0.2, 0) is 11.3 Å². The Hall–Kier alpha value is -3.29. The van der Waals surface area contributed by atoms with E-state index in [4.69, 9.17) is 10.5 Å². The van der Waals surface area contributed by atoms with Crippen molar-refractivity contribution in [3.8, 4) is 0 Å². The summed E-state index contributed by atoms with van der Waals surface area (Å²) < 4.78 is 45.5. The lowest BCUT2D eigenvalue weighted by molar-refractivity contribution is 0.0523. The highest BCUT2D eigenvalue weighted by atomic mass is 19.2. The zero-order valence-corrected chi connectivity index (χ0v) is 16.3. The van der Waals surface area contributed by atoms with Crippen LogP contribution in [0.15, 0.2) is 47.6 Å². The van der Waals surface area contributed by atoms with Crippen LogP contribution in [0.1, 0.15) is 31.9 Å². The molecule has 0 unspecified atom stereocenters. The van der Waals surface area contributed by atoms with Crippen molar-refractivity contribution in [1.29, 1.82) is 0 Å². The van der Waals surface area contributed by atoms with Gasteiger partial charge in [0.1, 0.15) is 11.4 Å². The molecular formula is C21H22F3N3O2. The van der Waals surface area contributed by atoms with Gasteiger partial charge in [0.2, 0.25) is 0 Å². The Labute approximate surface area is 167 Å². The maximum atomic E-state index is 14.0. The number of allylic oxidation sites excluding steroid dienone is 1. The summed E-state index contributed by atoms with van der Waals surface area (Å²) in [7, 11) is 0. The third-order valence-electron chi connectivity index (χ3n) is 3.56. The van der Waals surface area contributed by atoms with Gasteiger partial charge < -0.3 is 15.8 Å². The summed E-state index contributed by atoms with van der Waals surface area (Å²) in [5.74, 6) is -2.55. The Morgan fingerprint density at radius 1 is 1.14 bits per heavy atom. The minimum absolute atomic E-state index is 0.0395. The van der Waals surface area contributed by atoms with Crippen molar-refractivity contribution in [2.45, 2.75) is 32.9 Å². The van der Waals surface area contributed by atoms with Crippen molar-refractivity contribution < 1.29 is 22.7 Å². The summed E-state index contributed by atoms with van der Waals surface area (Å²) in [4.78, 5) is 15.8. The van der Waals surface area contributed by atoms with E-state index in [1.807, 2.05) is 0 Å². The van der Waals surface area contributed by atoms with Gasteiger partial charge >= 0.3 is 6.09 Å². The number of rotatable bonds is 5. The van der Waals surface area contributed by atoms with Gasteiger partial charge in [-0.3, -0.25) is 4.99 Å². The summed E-state index contributed by atoms with van der Waals surface area (Å²) >= 11 is 0. The molecule has 154 valence electrons. The topological polar surface area (TPSA) is 76.7 Å². The molecule has 0 radical (unpaired) electrons. The molecule has 0 aliphatic heterocycles. The van der Waals surface area contributed by atoms with E-state index in [0.29, 0.717) is 16.7 Å². The van der Waals surface area contributed by atoms with Crippen LogP contribution in [0.25, 0.3) is 5.57 Å². The molecule has 5 nitrogen and oxygen atoms in total. The molecule has 2 rings (SSSR count). The molecule has 2 aromatic rings. The molecule has 8 heteroatoms. The fourth-order valence-electron chi connectivity index (χ4n) is 2.33. The zero-order valence-electron chi connectivity index (χ0n) is 16.3. The fourth-order valence-corrected chi connectivity index (χ4v) is 2.33. The van der Waals surface area contributed by atoms with Crippen LogP contribution in [-0.4, -0.2) is 17.9 Å². The molecule has 0 aromatic heterocycles. The molecule has 0 saturated carbocycles. The Balaban J connectivity index is 2.16. The lowest BCUT2D eigenvalue weighted by Crippen LogP contribution is -2.32. The summed E-state index contributed by atoms with van der Waals surface area (Å²) in [6, 6.07) is 7.31. The van der Waals surface area contributed by atoms with E-state index in [1.165, 1.54) is 30.6 Å². The highest BCUT2D eigenvalue weighted by Crippen LogP contribution is 2.20. The maximum Gasteiger partial charge on any atom is 0.407 e. The molecule has 0 atom stereocenters. The highest BCUT2D eigenvalue weighted by molar-refractivity contribution is 6.10. The second-order valence-electron chi connectivity index (χ2n) is 7.18. The number of halogens is 3. The minimum atomic E-state index is -1.03. The van der Waals surface area contributed by atoms with Gasteiger partial charge in [0, 0.05) is 30.6 Å². The molecule has 0 bridgehead atoms. The monoisotopic (exact) mass is 405 g/mol. The molecule has 0 fully saturated rings. The van der Waals surface area contributed by atoms with Gasteiger partial charge in [0.25, 0.3) is 0 Å². The van der Waals surface area contributed by atoms with Gasteiger partial charge in [-0.2, -0.15) is 0 Å². The summed E-state index contributed by atoms with van der Waals surface area (Å²) in [6.07, 6.45) is 1.90. The van der Waals surface area contributed by atoms with Gasteiger partial charge in [-0.1, -0.05) is 0 Å². The first-order chi connectivity index (χ1) is 13.6. The van der Waals surface area contributed by atoms with Crippen molar-refractivity contribution in [3.05, 3.63) is 71.2 Å². The summed E-state index contributed by atoms with van der Waals surface area (Å²) in [6.45, 7) is 5.24. The smallest absolute Gasteiger partial charge is 0.407 e. The highest BCUT2D eigenvalue weighted by Gasteiger charge is 2.16. The largest absolute Gasteiger partial charge is 0.444 e. The number of hydrogen-bond acceptors (Lipinski definition) is 4. The van der Waals surface area contributed by atoms with Crippen molar-refractivity contribution >= 4 is 23.6 Å². The van der Waals surface area contributed by atoms with Crippen molar-refractivity contribution in [2.24, 2.45) is 10.7 Å². The quantitative estimate of drug-likeness (QED) is 0.700. The van der Waals surface area contributed by atoms with E-state index in [0.717, 1.165) is 12.1 Å². The fraction of sp³-hybridized carbons (Fsp3) is 0.238. The number of nitrogens with one attached hydrogen (secondary N) is 1. The number of nitrogens with zero attached hydrogens (tertiary/aromatic N) is 1. The molecule has 29 heavy (non-hydrogen) atoms. The number of benzene rings is 2. The summed E-state index contributed by atoms with van der Waals surface area (Å²) in [5, 5.41) is 2.55. The van der Waals surface area contributed by atoms with E-state index in [1.54, 1.807) is 26.8 Å². The molecule has 0 heterocycles. The van der Waals surface area contributed by atoms with Crippen LogP contribution >= 0.6 is 0 Å². The van der Waals surface area contributed by atoms with Crippen molar-refractivity contribution in [1.82, 2.24) is 5.32 Å². The van der Waals surface area contributed by atoms with Gasteiger partial charge in [-0.05, 0) is 62.2 Å². The SMILES string of the molecule is CC(C)(C)OC(=O)NCc1cc(F)cc(C(C=Nc2ccc(F)c(F)c2)=CN)c1. The number of amides is 1. The van der Waals surface area contributed by atoms with Gasteiger partial charge in [-0.15, -0.1) is 0 Å². The number of aliphatic imine (C=N–C) groups is 1. The number of hydrogen-bond donors (Lipinski definition) is 2. The predicted molar refractivity (Wildman–Crippen MR) is 106 cm³/mol. The maximum absolute atomic E-state index is 14.0. The summed E-state index contributed by atoms with van der Waals surface area (Å²) in [5.41, 5.74) is 6.37. The molecule has 2 aromatic carbocycles. The Morgan fingerprint density at radius 3 is 2.48 bits per heavy atom. The normalized spacial score (nSPS) is 12.3. The molecule has 1 amide bonds. The minimum Gasteiger partial charge on any atom is -0.444 e. The third-order valence-corrected chi connectivity index (χ3v) is 3.56. The van der Waals surface area contributed by atoms with Gasteiger partial charge in [-0.25, -0.2) is 18.0 Å². The second-order valence-corrected chi connectivity index (χ2v) is 7.18. The van der Waals surface area contributed by atoms with Crippen molar-refractivity contribution in [2.75, 3.05) is 0 Å². The van der Waals surface area contributed by atoms with Crippen LogP contribution in [0.2, 0.25) is 0 Å². The lowest BCUT2D eigenvalue weighted by atomic mass is 10.0. The van der Waals surface area contributed by atoms with Crippen LogP contribution in [0.5, 0.6) is 0 Å². The zero-order chi connectivity index (χ0) is 21.6. The number of alkyl carbamates (subject to hydrolysis) is 1. The lowest BCUT2D eigenvalue weighted by Gasteiger charge is -2.19. The average molecular weight is 405 g/mol. The second kappa shape index (κ2) is 9.27. The van der Waals surface area contributed by atoms with E-state index in [9.17, 15) is 18.0 Å². The third kappa shape index (κ3) is 6.99. The average Bonchev–Trinajstić information content (AvgIpc) is 2.61. The van der Waals surface area contributed by atoms with Crippen molar-refractivity contribution in [3.63, 3.8) is 0 Å². The van der Waals surface area contributed by atoms with Crippen LogP contribution in [0.3, 0.4) is 0 Å².